The van der Waals surface area contributed by atoms with Crippen LogP contribution in [0, 0.1) is 5.41 Å². The average Bonchev–Trinajstić information content (AvgIpc) is 2.82. The molecule has 1 fully saturated rings. The third-order valence-corrected chi connectivity index (χ3v) is 5.37. The van der Waals surface area contributed by atoms with Crippen molar-refractivity contribution in [1.82, 2.24) is 10.3 Å². The second-order valence-corrected chi connectivity index (χ2v) is 6.69. The number of hydrogen-bond acceptors (Lipinski definition) is 4. The summed E-state index contributed by atoms with van der Waals surface area (Å²) in [6.07, 6.45) is 6.82. The first kappa shape index (κ1) is 14.5. The van der Waals surface area contributed by atoms with Crippen LogP contribution in [0.25, 0.3) is 0 Å². The van der Waals surface area contributed by atoms with E-state index in [9.17, 15) is 4.79 Å². The fraction of sp³-hybridized carbons (Fsp3) is 0.714. The molecule has 1 unspecified atom stereocenters. The molecular formula is C14H23N3OS. The second-order valence-electron chi connectivity index (χ2n) is 5.54. The number of thiazole rings is 1. The Kier molecular flexibility index (Phi) is 4.58. The van der Waals surface area contributed by atoms with Gasteiger partial charge in [-0.3, -0.25) is 4.79 Å². The lowest BCUT2D eigenvalue weighted by atomic mass is 9.66. The van der Waals surface area contributed by atoms with E-state index in [0.717, 1.165) is 24.3 Å². The lowest BCUT2D eigenvalue weighted by Gasteiger charge is -2.40. The zero-order chi connectivity index (χ0) is 13.9. The Labute approximate surface area is 118 Å². The first-order valence-electron chi connectivity index (χ1n) is 7.02. The number of carbonyl (C=O) groups excluding carboxylic acids is 1. The van der Waals surface area contributed by atoms with E-state index in [0.29, 0.717) is 13.0 Å². The topological polar surface area (TPSA) is 68.0 Å². The van der Waals surface area contributed by atoms with Crippen molar-refractivity contribution < 1.29 is 4.79 Å². The minimum atomic E-state index is -0.00676. The van der Waals surface area contributed by atoms with E-state index >= 15 is 0 Å². The number of amides is 1. The molecule has 1 amide bonds. The number of rotatable bonds is 6. The van der Waals surface area contributed by atoms with Crippen molar-refractivity contribution in [2.75, 3.05) is 6.54 Å². The summed E-state index contributed by atoms with van der Waals surface area (Å²) in [4.78, 5) is 17.7. The quantitative estimate of drug-likeness (QED) is 0.841. The summed E-state index contributed by atoms with van der Waals surface area (Å²) in [5, 5.41) is 4.03. The largest absolute Gasteiger partial charge is 0.347 e. The molecule has 1 aliphatic carbocycles. The molecule has 0 radical (unpaired) electrons. The van der Waals surface area contributed by atoms with Gasteiger partial charge in [0.15, 0.2) is 0 Å². The number of nitrogens with one attached hydrogen (secondary N) is 1. The molecule has 1 atom stereocenters. The van der Waals surface area contributed by atoms with E-state index < -0.39 is 0 Å². The molecule has 4 nitrogen and oxygen atoms in total. The fourth-order valence-electron chi connectivity index (χ4n) is 2.51. The van der Waals surface area contributed by atoms with Gasteiger partial charge in [0.25, 0.3) is 0 Å². The van der Waals surface area contributed by atoms with Crippen LogP contribution in [-0.2, 0) is 11.2 Å². The van der Waals surface area contributed by atoms with E-state index in [1.807, 2.05) is 13.1 Å². The monoisotopic (exact) mass is 281 g/mol. The zero-order valence-electron chi connectivity index (χ0n) is 11.7. The fourth-order valence-corrected chi connectivity index (χ4v) is 3.37. The number of aromatic nitrogens is 1. The van der Waals surface area contributed by atoms with Crippen LogP contribution in [0.5, 0.6) is 0 Å². The van der Waals surface area contributed by atoms with E-state index in [4.69, 9.17) is 5.73 Å². The second kappa shape index (κ2) is 6.01. The van der Waals surface area contributed by atoms with Crippen LogP contribution < -0.4 is 11.1 Å². The molecule has 19 heavy (non-hydrogen) atoms. The van der Waals surface area contributed by atoms with Crippen LogP contribution >= 0.6 is 11.3 Å². The van der Waals surface area contributed by atoms with Gasteiger partial charge >= 0.3 is 0 Å². The molecule has 1 aromatic heterocycles. The summed E-state index contributed by atoms with van der Waals surface area (Å²) in [6, 6.07) is -0.00676. The lowest BCUT2D eigenvalue weighted by Crippen LogP contribution is -2.42. The summed E-state index contributed by atoms with van der Waals surface area (Å²) >= 11 is 1.68. The standard InChI is InChI=1S/C14H23N3OS/c1-3-11-8-16-13(19-11)10(2)17-12(18)7-14(9-15)5-4-6-14/h8,10H,3-7,9,15H2,1-2H3,(H,17,18). The van der Waals surface area contributed by atoms with Crippen LogP contribution in [0.4, 0.5) is 0 Å². The first-order valence-corrected chi connectivity index (χ1v) is 7.84. The van der Waals surface area contributed by atoms with E-state index in [-0.39, 0.29) is 17.4 Å². The molecule has 0 aromatic carbocycles. The maximum Gasteiger partial charge on any atom is 0.221 e. The molecule has 3 N–H and O–H groups in total. The van der Waals surface area contributed by atoms with Gasteiger partial charge in [-0.2, -0.15) is 0 Å². The molecule has 2 rings (SSSR count). The first-order chi connectivity index (χ1) is 9.08. The average molecular weight is 281 g/mol. The summed E-state index contributed by atoms with van der Waals surface area (Å²) in [5.41, 5.74) is 5.86. The normalized spacial score (nSPS) is 18.7. The maximum atomic E-state index is 12.1. The molecule has 106 valence electrons. The van der Waals surface area contributed by atoms with Crippen molar-refractivity contribution in [2.24, 2.45) is 11.1 Å². The Morgan fingerprint density at radius 1 is 1.63 bits per heavy atom. The Morgan fingerprint density at radius 2 is 2.37 bits per heavy atom. The molecule has 1 aliphatic rings. The van der Waals surface area contributed by atoms with Gasteiger partial charge in [0, 0.05) is 17.5 Å². The maximum absolute atomic E-state index is 12.1. The molecule has 0 spiro atoms. The van der Waals surface area contributed by atoms with Crippen molar-refractivity contribution in [3.8, 4) is 0 Å². The molecule has 1 saturated carbocycles. The summed E-state index contributed by atoms with van der Waals surface area (Å²) in [7, 11) is 0. The minimum Gasteiger partial charge on any atom is -0.347 e. The number of carbonyl (C=O) groups is 1. The van der Waals surface area contributed by atoms with E-state index in [2.05, 4.69) is 17.2 Å². The van der Waals surface area contributed by atoms with Crippen LogP contribution in [0.1, 0.15) is 55.5 Å². The molecule has 0 aliphatic heterocycles. The minimum absolute atomic E-state index is 0.00676. The number of nitrogens with two attached hydrogens (primary N) is 1. The van der Waals surface area contributed by atoms with Crippen molar-refractivity contribution in [3.63, 3.8) is 0 Å². The van der Waals surface area contributed by atoms with E-state index in [1.54, 1.807) is 11.3 Å². The van der Waals surface area contributed by atoms with E-state index in [1.165, 1.54) is 11.3 Å². The number of nitrogens with zero attached hydrogens (tertiary/aromatic N) is 1. The van der Waals surface area contributed by atoms with Gasteiger partial charge < -0.3 is 11.1 Å². The van der Waals surface area contributed by atoms with Gasteiger partial charge in [-0.15, -0.1) is 11.3 Å². The van der Waals surface area contributed by atoms with Crippen molar-refractivity contribution in [1.29, 1.82) is 0 Å². The van der Waals surface area contributed by atoms with Gasteiger partial charge in [0.2, 0.25) is 5.91 Å². The van der Waals surface area contributed by atoms with Crippen LogP contribution in [-0.4, -0.2) is 17.4 Å². The third kappa shape index (κ3) is 3.34. The number of aryl methyl sites for hydroxylation is 1. The van der Waals surface area contributed by atoms with Crippen LogP contribution in [0.3, 0.4) is 0 Å². The van der Waals surface area contributed by atoms with Crippen molar-refractivity contribution in [3.05, 3.63) is 16.1 Å². The number of hydrogen-bond donors (Lipinski definition) is 2. The Hall–Kier alpha value is -0.940. The Balaban J connectivity index is 1.87. The van der Waals surface area contributed by atoms with Gasteiger partial charge in [0.1, 0.15) is 5.01 Å². The molecular weight excluding hydrogens is 258 g/mol. The Bertz CT molecular complexity index is 434. The van der Waals surface area contributed by atoms with Gasteiger partial charge in [-0.1, -0.05) is 13.3 Å². The highest BCUT2D eigenvalue weighted by Crippen LogP contribution is 2.42. The summed E-state index contributed by atoms with van der Waals surface area (Å²) in [5.74, 6) is 0.103. The van der Waals surface area contributed by atoms with Gasteiger partial charge in [-0.05, 0) is 38.1 Å². The molecule has 1 aromatic rings. The van der Waals surface area contributed by atoms with Gasteiger partial charge in [-0.25, -0.2) is 4.98 Å². The lowest BCUT2D eigenvalue weighted by molar-refractivity contribution is -0.125. The SMILES string of the molecule is CCc1cnc(C(C)NC(=O)CC2(CN)CCC2)s1. The highest BCUT2D eigenvalue weighted by Gasteiger charge is 2.37. The Morgan fingerprint density at radius 3 is 2.84 bits per heavy atom. The van der Waals surface area contributed by atoms with Crippen LogP contribution in [0.2, 0.25) is 0 Å². The predicted molar refractivity (Wildman–Crippen MR) is 78.0 cm³/mol. The molecule has 0 saturated heterocycles. The third-order valence-electron chi connectivity index (χ3n) is 4.05. The summed E-state index contributed by atoms with van der Waals surface area (Å²) < 4.78 is 0. The van der Waals surface area contributed by atoms with Crippen molar-refractivity contribution >= 4 is 17.2 Å². The van der Waals surface area contributed by atoms with Crippen molar-refractivity contribution in [2.45, 2.75) is 52.0 Å². The smallest absolute Gasteiger partial charge is 0.221 e. The van der Waals surface area contributed by atoms with Crippen LogP contribution in [0.15, 0.2) is 6.20 Å². The molecule has 1 heterocycles. The summed E-state index contributed by atoms with van der Waals surface area (Å²) in [6.45, 7) is 4.72. The molecule has 5 heteroatoms. The zero-order valence-corrected chi connectivity index (χ0v) is 12.6. The highest BCUT2D eigenvalue weighted by atomic mass is 32.1. The van der Waals surface area contributed by atoms with Gasteiger partial charge in [0.05, 0.1) is 6.04 Å². The highest BCUT2D eigenvalue weighted by molar-refractivity contribution is 7.11. The predicted octanol–water partition coefficient (Wildman–Crippen LogP) is 2.40. The molecule has 0 bridgehead atoms.